The Morgan fingerprint density at radius 2 is 2.04 bits per heavy atom. The molecular formula is C20H32O5. The van der Waals surface area contributed by atoms with Crippen molar-refractivity contribution in [1.82, 2.24) is 0 Å². The van der Waals surface area contributed by atoms with Crippen LogP contribution in [0.3, 0.4) is 0 Å². The molecule has 2 aliphatic rings. The normalized spacial score (nSPS) is 26.0. The summed E-state index contributed by atoms with van der Waals surface area (Å²) in [6.07, 6.45) is 12.7. The van der Waals surface area contributed by atoms with Crippen LogP contribution in [0, 0.1) is 5.92 Å². The van der Waals surface area contributed by atoms with Crippen molar-refractivity contribution in [1.29, 1.82) is 0 Å². The van der Waals surface area contributed by atoms with E-state index in [4.69, 9.17) is 9.47 Å². The fraction of sp³-hybridized carbons (Fsp3) is 0.800. The molecule has 1 unspecified atom stereocenters. The van der Waals surface area contributed by atoms with E-state index in [1.54, 1.807) is 0 Å². The molecule has 0 aromatic rings. The minimum atomic E-state index is -1.10. The molecule has 0 aromatic carbocycles. The first kappa shape index (κ1) is 20.0. The zero-order chi connectivity index (χ0) is 18.1. The number of aliphatic hydroxyl groups is 1. The third kappa shape index (κ3) is 5.84. The molecule has 1 atom stereocenters. The number of hydrogen-bond acceptors (Lipinski definition) is 5. The summed E-state index contributed by atoms with van der Waals surface area (Å²) in [5.74, 6) is -0.658. The predicted octanol–water partition coefficient (Wildman–Crippen LogP) is 3.68. The molecule has 0 amide bonds. The second-order valence-corrected chi connectivity index (χ2v) is 7.43. The van der Waals surface area contributed by atoms with Gasteiger partial charge < -0.3 is 14.6 Å². The molecule has 1 aliphatic carbocycles. The number of carbonyl (C=O) groups is 2. The summed E-state index contributed by atoms with van der Waals surface area (Å²) in [7, 11) is 0. The molecule has 0 spiro atoms. The number of rotatable bonds is 9. The van der Waals surface area contributed by atoms with Crippen molar-refractivity contribution in [2.75, 3.05) is 13.2 Å². The molecular weight excluding hydrogens is 320 g/mol. The van der Waals surface area contributed by atoms with Crippen LogP contribution >= 0.6 is 0 Å². The zero-order valence-corrected chi connectivity index (χ0v) is 15.4. The van der Waals surface area contributed by atoms with Crippen LogP contribution in [-0.2, 0) is 19.1 Å². The summed E-state index contributed by atoms with van der Waals surface area (Å²) in [6, 6.07) is 0. The number of hydrogen-bond donors (Lipinski definition) is 1. The van der Waals surface area contributed by atoms with E-state index >= 15 is 0 Å². The molecule has 0 radical (unpaired) electrons. The van der Waals surface area contributed by atoms with Gasteiger partial charge in [0, 0.05) is 12.0 Å². The van der Waals surface area contributed by atoms with Gasteiger partial charge in [0.15, 0.2) is 5.60 Å². The lowest BCUT2D eigenvalue weighted by atomic mass is 9.89. The smallest absolute Gasteiger partial charge is 0.334 e. The van der Waals surface area contributed by atoms with Gasteiger partial charge in [-0.15, -0.1) is 0 Å². The third-order valence-corrected chi connectivity index (χ3v) is 5.24. The third-order valence-electron chi connectivity index (χ3n) is 5.24. The van der Waals surface area contributed by atoms with Crippen LogP contribution in [-0.4, -0.2) is 35.9 Å². The fourth-order valence-corrected chi connectivity index (χ4v) is 3.59. The van der Waals surface area contributed by atoms with E-state index in [-0.39, 0.29) is 25.1 Å². The van der Waals surface area contributed by atoms with Crippen molar-refractivity contribution in [2.24, 2.45) is 5.92 Å². The van der Waals surface area contributed by atoms with Crippen LogP contribution in [0.15, 0.2) is 11.6 Å². The summed E-state index contributed by atoms with van der Waals surface area (Å²) in [4.78, 5) is 24.3. The minimum Gasteiger partial charge on any atom is -0.461 e. The average molecular weight is 352 g/mol. The van der Waals surface area contributed by atoms with Crippen LogP contribution < -0.4 is 0 Å². The summed E-state index contributed by atoms with van der Waals surface area (Å²) < 4.78 is 10.8. The van der Waals surface area contributed by atoms with Crippen molar-refractivity contribution < 1.29 is 24.2 Å². The molecule has 1 aliphatic heterocycles. The van der Waals surface area contributed by atoms with Crippen molar-refractivity contribution in [3.05, 3.63) is 11.6 Å². The topological polar surface area (TPSA) is 72.8 Å². The van der Waals surface area contributed by atoms with Crippen LogP contribution in [0.4, 0.5) is 0 Å². The molecule has 5 nitrogen and oxygen atoms in total. The number of allylic oxidation sites excluding steroid dienone is 1. The van der Waals surface area contributed by atoms with E-state index < -0.39 is 11.6 Å². The molecule has 2 rings (SSSR count). The maximum Gasteiger partial charge on any atom is 0.334 e. The molecule has 1 saturated heterocycles. The van der Waals surface area contributed by atoms with Crippen molar-refractivity contribution >= 4 is 11.9 Å². The molecule has 5 heteroatoms. The molecule has 25 heavy (non-hydrogen) atoms. The van der Waals surface area contributed by atoms with E-state index in [0.717, 1.165) is 44.9 Å². The van der Waals surface area contributed by atoms with Crippen molar-refractivity contribution in [3.63, 3.8) is 0 Å². The minimum absolute atomic E-state index is 0.0461. The molecule has 1 heterocycles. The highest BCUT2D eigenvalue weighted by Gasteiger charge is 2.44. The van der Waals surface area contributed by atoms with Gasteiger partial charge in [0.2, 0.25) is 0 Å². The summed E-state index contributed by atoms with van der Waals surface area (Å²) in [5.41, 5.74) is -0.504. The van der Waals surface area contributed by atoms with Gasteiger partial charge in [0.1, 0.15) is 6.61 Å². The van der Waals surface area contributed by atoms with Gasteiger partial charge in [0.25, 0.3) is 0 Å². The number of aliphatic hydroxyl groups excluding tert-OH is 1. The number of cyclic esters (lactones) is 1. The summed E-state index contributed by atoms with van der Waals surface area (Å²) in [5, 5.41) is 9.72. The number of unbranched alkanes of at least 4 members (excludes halogenated alkanes) is 4. The highest BCUT2D eigenvalue weighted by atomic mass is 16.6. The van der Waals surface area contributed by atoms with E-state index in [1.165, 1.54) is 19.3 Å². The van der Waals surface area contributed by atoms with E-state index in [9.17, 15) is 14.7 Å². The van der Waals surface area contributed by atoms with Crippen LogP contribution in [0.25, 0.3) is 0 Å². The second kappa shape index (κ2) is 9.95. The molecule has 1 N–H and O–H groups in total. The zero-order valence-electron chi connectivity index (χ0n) is 15.4. The van der Waals surface area contributed by atoms with Crippen LogP contribution in [0.1, 0.15) is 77.6 Å². The lowest BCUT2D eigenvalue weighted by molar-refractivity contribution is -0.169. The van der Waals surface area contributed by atoms with Gasteiger partial charge in [-0.3, -0.25) is 4.79 Å². The Bertz CT molecular complexity index is 478. The first-order valence-electron chi connectivity index (χ1n) is 9.80. The Morgan fingerprint density at radius 3 is 2.72 bits per heavy atom. The van der Waals surface area contributed by atoms with Crippen LogP contribution in [0.5, 0.6) is 0 Å². The maximum absolute atomic E-state index is 12.2. The van der Waals surface area contributed by atoms with E-state index in [0.29, 0.717) is 12.0 Å². The number of ether oxygens (including phenoxy) is 2. The Kier molecular flexibility index (Phi) is 7.94. The lowest BCUT2D eigenvalue weighted by Crippen LogP contribution is -2.40. The average Bonchev–Trinajstić information content (AvgIpc) is 2.97. The first-order valence-corrected chi connectivity index (χ1v) is 9.80. The first-order chi connectivity index (χ1) is 12.1. The highest BCUT2D eigenvalue weighted by Crippen LogP contribution is 2.32. The van der Waals surface area contributed by atoms with Gasteiger partial charge in [-0.05, 0) is 25.7 Å². The molecule has 2 fully saturated rings. The molecule has 0 aromatic heterocycles. The quantitative estimate of drug-likeness (QED) is 0.389. The summed E-state index contributed by atoms with van der Waals surface area (Å²) >= 11 is 0. The Hall–Kier alpha value is -1.36. The molecule has 142 valence electrons. The predicted molar refractivity (Wildman–Crippen MR) is 94.9 cm³/mol. The van der Waals surface area contributed by atoms with Crippen LogP contribution in [0.2, 0.25) is 0 Å². The van der Waals surface area contributed by atoms with Gasteiger partial charge in [-0.2, -0.15) is 0 Å². The maximum atomic E-state index is 12.2. The van der Waals surface area contributed by atoms with Gasteiger partial charge >= 0.3 is 11.9 Å². The highest BCUT2D eigenvalue weighted by molar-refractivity contribution is 5.91. The van der Waals surface area contributed by atoms with Gasteiger partial charge in [0.05, 0.1) is 12.5 Å². The standard InChI is InChI=1S/C20H32O5/c1-2-3-4-5-7-12-17-13-20(14-21,25-19(17)23)15-24-18(22)16-10-8-6-9-11-16/h12,16,21H,2-11,13-15H2,1H3/b17-12-. The largest absolute Gasteiger partial charge is 0.461 e. The van der Waals surface area contributed by atoms with Gasteiger partial charge in [-0.1, -0.05) is 51.5 Å². The lowest BCUT2D eigenvalue weighted by Gasteiger charge is -2.26. The monoisotopic (exact) mass is 352 g/mol. The Balaban J connectivity index is 1.84. The number of carbonyl (C=O) groups excluding carboxylic acids is 2. The number of esters is 2. The molecule has 0 bridgehead atoms. The second-order valence-electron chi connectivity index (χ2n) is 7.43. The fourth-order valence-electron chi connectivity index (χ4n) is 3.59. The van der Waals surface area contributed by atoms with Gasteiger partial charge in [-0.25, -0.2) is 4.79 Å². The van der Waals surface area contributed by atoms with Crippen molar-refractivity contribution in [2.45, 2.75) is 83.2 Å². The molecule has 1 saturated carbocycles. The SMILES string of the molecule is CCCCCC/C=C1/CC(CO)(COC(=O)C2CCCCC2)OC1=O. The van der Waals surface area contributed by atoms with E-state index in [2.05, 4.69) is 6.92 Å². The van der Waals surface area contributed by atoms with E-state index in [1.807, 2.05) is 6.08 Å². The Morgan fingerprint density at radius 1 is 1.28 bits per heavy atom. The Labute approximate surface area is 150 Å². The van der Waals surface area contributed by atoms with Crippen molar-refractivity contribution in [3.8, 4) is 0 Å². The summed E-state index contributed by atoms with van der Waals surface area (Å²) in [6.45, 7) is 1.78.